The molecule has 9 nitrogen and oxygen atoms in total. The molecule has 0 atom stereocenters. The van der Waals surface area contributed by atoms with Crippen molar-refractivity contribution in [2.45, 2.75) is 19.4 Å². The normalized spacial score (nSPS) is 12.3. The van der Waals surface area contributed by atoms with Crippen molar-refractivity contribution in [1.82, 2.24) is 30.6 Å². The molecule has 0 amide bonds. The molecule has 0 saturated carbocycles. The highest BCUT2D eigenvalue weighted by Gasteiger charge is 2.23. The summed E-state index contributed by atoms with van der Waals surface area (Å²) in [4.78, 5) is 15.5. The van der Waals surface area contributed by atoms with E-state index in [4.69, 9.17) is 11.6 Å². The summed E-state index contributed by atoms with van der Waals surface area (Å²) < 4.78 is 0. The maximum Gasteiger partial charge on any atom is 0.133 e. The molecular formula is C21H29N9. The SMILES string of the molecule is CN/C=C(\NN)c1cc2cc(Nc3cc(C(C)(C)N(C)C)ccn3)ncc2c(N)n1. The van der Waals surface area contributed by atoms with Crippen LogP contribution in [-0.2, 0) is 5.54 Å². The van der Waals surface area contributed by atoms with Crippen molar-refractivity contribution in [3.8, 4) is 0 Å². The molecular weight excluding hydrogens is 378 g/mol. The first kappa shape index (κ1) is 21.3. The molecule has 0 saturated heterocycles. The molecule has 0 aromatic carbocycles. The molecule has 3 heterocycles. The average molecular weight is 408 g/mol. The Bertz CT molecular complexity index is 1070. The van der Waals surface area contributed by atoms with E-state index in [-0.39, 0.29) is 5.54 Å². The van der Waals surface area contributed by atoms with Crippen molar-refractivity contribution in [2.75, 3.05) is 32.2 Å². The van der Waals surface area contributed by atoms with Gasteiger partial charge in [-0.25, -0.2) is 15.0 Å². The molecule has 0 radical (unpaired) electrons. The van der Waals surface area contributed by atoms with Gasteiger partial charge in [0, 0.05) is 36.6 Å². The lowest BCUT2D eigenvalue weighted by molar-refractivity contribution is 0.197. The van der Waals surface area contributed by atoms with Crippen LogP contribution in [0.2, 0.25) is 0 Å². The largest absolute Gasteiger partial charge is 0.392 e. The van der Waals surface area contributed by atoms with Crippen molar-refractivity contribution < 1.29 is 0 Å². The minimum atomic E-state index is -0.128. The Morgan fingerprint density at radius 1 is 1.13 bits per heavy atom. The minimum absolute atomic E-state index is 0.128. The number of anilines is 3. The number of nitrogens with zero attached hydrogens (tertiary/aromatic N) is 4. The van der Waals surface area contributed by atoms with Crippen LogP contribution in [0.4, 0.5) is 17.5 Å². The zero-order chi connectivity index (χ0) is 21.9. The second-order valence-corrected chi connectivity index (χ2v) is 7.68. The summed E-state index contributed by atoms with van der Waals surface area (Å²) in [6, 6.07) is 7.87. The van der Waals surface area contributed by atoms with Gasteiger partial charge in [-0.1, -0.05) is 0 Å². The highest BCUT2D eigenvalue weighted by atomic mass is 15.2. The second kappa shape index (κ2) is 8.52. The van der Waals surface area contributed by atoms with Gasteiger partial charge in [0.2, 0.25) is 0 Å². The number of nitrogen functional groups attached to an aromatic ring is 1. The van der Waals surface area contributed by atoms with Gasteiger partial charge in [0.15, 0.2) is 0 Å². The molecule has 3 aromatic rings. The van der Waals surface area contributed by atoms with E-state index >= 15 is 0 Å². The highest BCUT2D eigenvalue weighted by molar-refractivity contribution is 5.93. The molecule has 0 bridgehead atoms. The third kappa shape index (κ3) is 4.27. The van der Waals surface area contributed by atoms with E-state index in [1.165, 1.54) is 0 Å². The number of fused-ring (bicyclic) bond motifs is 1. The smallest absolute Gasteiger partial charge is 0.133 e. The molecule has 30 heavy (non-hydrogen) atoms. The van der Waals surface area contributed by atoms with E-state index in [2.05, 4.69) is 63.9 Å². The number of hydrogen-bond donors (Lipinski definition) is 5. The monoisotopic (exact) mass is 407 g/mol. The van der Waals surface area contributed by atoms with Crippen molar-refractivity contribution >= 4 is 33.9 Å². The summed E-state index contributed by atoms with van der Waals surface area (Å²) in [6.45, 7) is 4.33. The lowest BCUT2D eigenvalue weighted by Crippen LogP contribution is -2.35. The van der Waals surface area contributed by atoms with Crippen LogP contribution in [0.5, 0.6) is 0 Å². The summed E-state index contributed by atoms with van der Waals surface area (Å²) in [6.07, 6.45) is 5.22. The van der Waals surface area contributed by atoms with Gasteiger partial charge < -0.3 is 26.7 Å². The zero-order valence-electron chi connectivity index (χ0n) is 18.0. The maximum atomic E-state index is 6.14. The van der Waals surface area contributed by atoms with Crippen LogP contribution in [0.3, 0.4) is 0 Å². The first-order chi connectivity index (χ1) is 14.3. The number of nitrogens with two attached hydrogens (primary N) is 2. The summed E-state index contributed by atoms with van der Waals surface area (Å²) >= 11 is 0. The van der Waals surface area contributed by atoms with Gasteiger partial charge in [-0.2, -0.15) is 0 Å². The summed E-state index contributed by atoms with van der Waals surface area (Å²) in [5.41, 5.74) is 11.0. The molecule has 0 aliphatic rings. The molecule has 0 unspecified atom stereocenters. The molecule has 0 spiro atoms. The predicted molar refractivity (Wildman–Crippen MR) is 123 cm³/mol. The van der Waals surface area contributed by atoms with Crippen LogP contribution < -0.4 is 27.6 Å². The number of pyridine rings is 3. The van der Waals surface area contributed by atoms with E-state index in [1.54, 1.807) is 25.6 Å². The molecule has 3 rings (SSSR count). The Hall–Kier alpha value is -3.43. The van der Waals surface area contributed by atoms with Crippen molar-refractivity contribution in [2.24, 2.45) is 5.84 Å². The molecule has 3 aromatic heterocycles. The van der Waals surface area contributed by atoms with Crippen molar-refractivity contribution in [1.29, 1.82) is 0 Å². The summed E-state index contributed by atoms with van der Waals surface area (Å²) in [7, 11) is 5.90. The predicted octanol–water partition coefficient (Wildman–Crippen LogP) is 2.13. The molecule has 0 fully saturated rings. The fraction of sp³-hybridized carbons (Fsp3) is 0.286. The summed E-state index contributed by atoms with van der Waals surface area (Å²) in [5.74, 6) is 7.37. The Labute approximate surface area is 176 Å². The van der Waals surface area contributed by atoms with Crippen LogP contribution in [-0.4, -0.2) is 41.0 Å². The Morgan fingerprint density at radius 3 is 2.53 bits per heavy atom. The van der Waals surface area contributed by atoms with Crippen LogP contribution in [0.15, 0.2) is 42.9 Å². The molecule has 0 aliphatic heterocycles. The van der Waals surface area contributed by atoms with E-state index in [1.807, 2.05) is 24.3 Å². The van der Waals surface area contributed by atoms with Crippen LogP contribution in [0, 0.1) is 0 Å². The number of aromatic nitrogens is 3. The third-order valence-corrected chi connectivity index (χ3v) is 5.31. The maximum absolute atomic E-state index is 6.14. The molecule has 9 heteroatoms. The van der Waals surface area contributed by atoms with Crippen LogP contribution in [0.1, 0.15) is 25.1 Å². The highest BCUT2D eigenvalue weighted by Crippen LogP contribution is 2.28. The van der Waals surface area contributed by atoms with Gasteiger partial charge >= 0.3 is 0 Å². The van der Waals surface area contributed by atoms with Gasteiger partial charge in [-0.15, -0.1) is 0 Å². The topological polar surface area (TPSA) is 130 Å². The summed E-state index contributed by atoms with van der Waals surface area (Å²) in [5, 5.41) is 7.87. The van der Waals surface area contributed by atoms with Gasteiger partial charge in [-0.3, -0.25) is 5.84 Å². The van der Waals surface area contributed by atoms with Crippen molar-refractivity contribution in [3.63, 3.8) is 0 Å². The first-order valence-electron chi connectivity index (χ1n) is 9.58. The zero-order valence-corrected chi connectivity index (χ0v) is 18.0. The fourth-order valence-corrected chi connectivity index (χ4v) is 2.98. The molecule has 158 valence electrons. The number of rotatable bonds is 7. The van der Waals surface area contributed by atoms with E-state index in [9.17, 15) is 0 Å². The Morgan fingerprint density at radius 2 is 1.87 bits per heavy atom. The lowest BCUT2D eigenvalue weighted by Gasteiger charge is -2.33. The fourth-order valence-electron chi connectivity index (χ4n) is 2.98. The standard InChI is InChI=1S/C21H29N9/c1-21(2,30(4)5)14-6-7-25-19(10-14)28-18-9-13-8-16(17(29-23)12-24-3)27-20(22)15(13)11-26-18/h6-12,24,29H,23H2,1-5H3,(H2,22,27)(H,25,26,28)/b17-12-. The van der Waals surface area contributed by atoms with E-state index in [0.29, 0.717) is 23.0 Å². The molecule has 0 aliphatic carbocycles. The number of nitrogens with one attached hydrogen (secondary N) is 3. The van der Waals surface area contributed by atoms with E-state index < -0.39 is 0 Å². The average Bonchev–Trinajstić information content (AvgIpc) is 2.71. The van der Waals surface area contributed by atoms with Gasteiger partial charge in [0.25, 0.3) is 0 Å². The van der Waals surface area contributed by atoms with Crippen LogP contribution >= 0.6 is 0 Å². The minimum Gasteiger partial charge on any atom is -0.392 e. The van der Waals surface area contributed by atoms with E-state index in [0.717, 1.165) is 22.2 Å². The van der Waals surface area contributed by atoms with Gasteiger partial charge in [-0.05, 0) is 63.2 Å². The lowest BCUT2D eigenvalue weighted by atomic mass is 9.94. The Balaban J connectivity index is 1.97. The third-order valence-electron chi connectivity index (χ3n) is 5.31. The van der Waals surface area contributed by atoms with Gasteiger partial charge in [0.05, 0.1) is 11.4 Å². The number of hydrazine groups is 1. The number of hydrogen-bond acceptors (Lipinski definition) is 9. The quantitative estimate of drug-likeness (QED) is 0.295. The van der Waals surface area contributed by atoms with Crippen LogP contribution in [0.25, 0.3) is 16.5 Å². The first-order valence-corrected chi connectivity index (χ1v) is 9.58. The van der Waals surface area contributed by atoms with Gasteiger partial charge in [0.1, 0.15) is 17.5 Å². The van der Waals surface area contributed by atoms with Crippen molar-refractivity contribution in [3.05, 3.63) is 54.1 Å². The second-order valence-electron chi connectivity index (χ2n) is 7.68. The Kier molecular flexibility index (Phi) is 6.04. The molecule has 7 N–H and O–H groups in total.